The van der Waals surface area contributed by atoms with Crippen LogP contribution in [-0.2, 0) is 23.3 Å². The highest BCUT2D eigenvalue weighted by Gasteiger charge is 2.42. The minimum absolute atomic E-state index is 0.0881. The number of rotatable bonds is 2. The monoisotopic (exact) mass is 348 g/mol. The molecule has 2 aliphatic heterocycles. The van der Waals surface area contributed by atoms with Crippen LogP contribution in [-0.4, -0.2) is 29.6 Å². The Labute approximate surface area is 146 Å². The Kier molecular flexibility index (Phi) is 4.18. The number of piperidine rings is 1. The van der Waals surface area contributed by atoms with Crippen molar-refractivity contribution >= 4 is 22.9 Å². The number of pyridine rings is 1. The standard InChI is InChI=1S/C18H21ClN2OS/c1-13-11-20-6-2-15(13)12-21-7-4-18(5-8-21)17-14(3-9-22-18)10-16(19)23-17/h2,6,10-11H,3-5,7-9,12H2,1H3. The first-order valence-electron chi connectivity index (χ1n) is 8.21. The SMILES string of the molecule is Cc1cnccc1CN1CCC2(CC1)OCCc1cc(Cl)sc12. The highest BCUT2D eigenvalue weighted by molar-refractivity contribution is 7.16. The third-order valence-corrected chi connectivity index (χ3v) is 6.63. The summed E-state index contributed by atoms with van der Waals surface area (Å²) in [5.41, 5.74) is 3.97. The molecule has 1 fully saturated rings. The zero-order valence-corrected chi connectivity index (χ0v) is 14.9. The average molecular weight is 349 g/mol. The third kappa shape index (κ3) is 2.93. The molecule has 23 heavy (non-hydrogen) atoms. The molecule has 0 saturated carbocycles. The molecule has 0 atom stereocenters. The molecule has 4 rings (SSSR count). The van der Waals surface area contributed by atoms with Crippen molar-refractivity contribution in [2.24, 2.45) is 0 Å². The van der Waals surface area contributed by atoms with Gasteiger partial charge in [-0.1, -0.05) is 11.6 Å². The van der Waals surface area contributed by atoms with Gasteiger partial charge in [0.2, 0.25) is 0 Å². The average Bonchev–Trinajstić information content (AvgIpc) is 2.94. The fourth-order valence-electron chi connectivity index (χ4n) is 3.75. The molecule has 0 unspecified atom stereocenters. The zero-order valence-electron chi connectivity index (χ0n) is 13.3. The number of hydrogen-bond acceptors (Lipinski definition) is 4. The lowest BCUT2D eigenvalue weighted by atomic mass is 9.85. The molecule has 0 N–H and O–H groups in total. The summed E-state index contributed by atoms with van der Waals surface area (Å²) in [7, 11) is 0. The largest absolute Gasteiger partial charge is 0.369 e. The molecule has 0 bridgehead atoms. The van der Waals surface area contributed by atoms with Crippen LogP contribution in [0.15, 0.2) is 24.5 Å². The van der Waals surface area contributed by atoms with Crippen LogP contribution in [0.3, 0.4) is 0 Å². The normalized spacial score (nSPS) is 20.6. The number of ether oxygens (including phenoxy) is 1. The van der Waals surface area contributed by atoms with Gasteiger partial charge in [0, 0.05) is 36.9 Å². The Bertz CT molecular complexity index is 707. The lowest BCUT2D eigenvalue weighted by Crippen LogP contribution is -2.45. The van der Waals surface area contributed by atoms with Crippen LogP contribution >= 0.6 is 22.9 Å². The van der Waals surface area contributed by atoms with Crippen LogP contribution in [0.5, 0.6) is 0 Å². The van der Waals surface area contributed by atoms with Gasteiger partial charge in [0.05, 0.1) is 10.9 Å². The van der Waals surface area contributed by atoms with Crippen molar-refractivity contribution in [2.45, 2.75) is 38.3 Å². The Hall–Kier alpha value is -0.940. The van der Waals surface area contributed by atoms with E-state index >= 15 is 0 Å². The molecule has 2 aliphatic rings. The fourth-order valence-corrected chi connectivity index (χ4v) is 5.25. The van der Waals surface area contributed by atoms with E-state index in [-0.39, 0.29) is 5.60 Å². The van der Waals surface area contributed by atoms with Gasteiger partial charge >= 0.3 is 0 Å². The lowest BCUT2D eigenvalue weighted by molar-refractivity contribution is -0.0960. The molecule has 1 spiro atoms. The summed E-state index contributed by atoms with van der Waals surface area (Å²) in [6.45, 7) is 6.09. The molecule has 0 aliphatic carbocycles. The molecular weight excluding hydrogens is 328 g/mol. The number of halogens is 1. The summed E-state index contributed by atoms with van der Waals surface area (Å²) in [4.78, 5) is 8.10. The van der Waals surface area contributed by atoms with E-state index in [9.17, 15) is 0 Å². The highest BCUT2D eigenvalue weighted by atomic mass is 35.5. The van der Waals surface area contributed by atoms with Gasteiger partial charge in [0.1, 0.15) is 5.60 Å². The summed E-state index contributed by atoms with van der Waals surface area (Å²) >= 11 is 7.97. The second-order valence-electron chi connectivity index (χ2n) is 6.58. The Morgan fingerprint density at radius 3 is 3.00 bits per heavy atom. The van der Waals surface area contributed by atoms with Gasteiger partial charge < -0.3 is 4.74 Å². The van der Waals surface area contributed by atoms with Gasteiger partial charge in [-0.2, -0.15) is 0 Å². The lowest BCUT2D eigenvalue weighted by Gasteiger charge is -2.43. The number of fused-ring (bicyclic) bond motifs is 2. The molecule has 3 nitrogen and oxygen atoms in total. The van der Waals surface area contributed by atoms with E-state index in [0.717, 1.165) is 49.8 Å². The molecule has 5 heteroatoms. The second-order valence-corrected chi connectivity index (χ2v) is 8.26. The van der Waals surface area contributed by atoms with Gasteiger partial charge in [0.15, 0.2) is 0 Å². The second kappa shape index (κ2) is 6.17. The van der Waals surface area contributed by atoms with E-state index < -0.39 is 0 Å². The maximum absolute atomic E-state index is 6.28. The smallest absolute Gasteiger partial charge is 0.105 e. The molecule has 0 amide bonds. The predicted molar refractivity (Wildman–Crippen MR) is 94.1 cm³/mol. The van der Waals surface area contributed by atoms with E-state index in [1.807, 2.05) is 12.4 Å². The molecule has 4 heterocycles. The van der Waals surface area contributed by atoms with E-state index in [1.54, 1.807) is 11.3 Å². The van der Waals surface area contributed by atoms with Gasteiger partial charge in [0.25, 0.3) is 0 Å². The fraction of sp³-hybridized carbons (Fsp3) is 0.500. The van der Waals surface area contributed by atoms with E-state index in [2.05, 4.69) is 28.9 Å². The van der Waals surface area contributed by atoms with E-state index in [4.69, 9.17) is 16.3 Å². The minimum Gasteiger partial charge on any atom is -0.369 e. The van der Waals surface area contributed by atoms with Crippen molar-refractivity contribution in [3.8, 4) is 0 Å². The van der Waals surface area contributed by atoms with Crippen LogP contribution in [0, 0.1) is 6.92 Å². The summed E-state index contributed by atoms with van der Waals surface area (Å²) in [6.07, 6.45) is 6.95. The molecule has 0 radical (unpaired) electrons. The Balaban J connectivity index is 1.48. The first kappa shape index (κ1) is 15.6. The summed E-state index contributed by atoms with van der Waals surface area (Å²) in [5.74, 6) is 0. The van der Waals surface area contributed by atoms with Gasteiger partial charge in [-0.25, -0.2) is 0 Å². The van der Waals surface area contributed by atoms with Crippen LogP contribution in [0.4, 0.5) is 0 Å². The zero-order chi connectivity index (χ0) is 15.9. The van der Waals surface area contributed by atoms with Crippen molar-refractivity contribution in [2.75, 3.05) is 19.7 Å². The Morgan fingerprint density at radius 1 is 1.39 bits per heavy atom. The first-order chi connectivity index (χ1) is 11.2. The van der Waals surface area contributed by atoms with Crippen LogP contribution < -0.4 is 0 Å². The topological polar surface area (TPSA) is 25.4 Å². The summed E-state index contributed by atoms with van der Waals surface area (Å²) in [5, 5.41) is 0. The predicted octanol–water partition coefficient (Wildman–Crippen LogP) is 4.17. The van der Waals surface area contributed by atoms with E-state index in [0.29, 0.717) is 0 Å². The third-order valence-electron chi connectivity index (χ3n) is 5.14. The van der Waals surface area contributed by atoms with Crippen molar-refractivity contribution in [1.29, 1.82) is 0 Å². The summed E-state index contributed by atoms with van der Waals surface area (Å²) < 4.78 is 7.18. The number of thiophene rings is 1. The van der Waals surface area contributed by atoms with Crippen molar-refractivity contribution in [3.05, 3.63) is 50.4 Å². The number of likely N-dealkylation sites (tertiary alicyclic amines) is 1. The maximum atomic E-state index is 6.28. The molecule has 1 saturated heterocycles. The van der Waals surface area contributed by atoms with Gasteiger partial charge in [-0.05, 0) is 55.0 Å². The molecular formula is C18H21ClN2OS. The minimum atomic E-state index is -0.0881. The van der Waals surface area contributed by atoms with E-state index in [1.165, 1.54) is 21.6 Å². The van der Waals surface area contributed by atoms with Crippen molar-refractivity contribution < 1.29 is 4.74 Å². The number of hydrogen-bond donors (Lipinski definition) is 0. The van der Waals surface area contributed by atoms with Crippen LogP contribution in [0.2, 0.25) is 4.34 Å². The van der Waals surface area contributed by atoms with Crippen molar-refractivity contribution in [3.63, 3.8) is 0 Å². The van der Waals surface area contributed by atoms with Crippen LogP contribution in [0.1, 0.15) is 34.4 Å². The first-order valence-corrected chi connectivity index (χ1v) is 9.40. The molecule has 0 aromatic carbocycles. The highest BCUT2D eigenvalue weighted by Crippen LogP contribution is 2.46. The number of aromatic nitrogens is 1. The number of nitrogens with zero attached hydrogens (tertiary/aromatic N) is 2. The quantitative estimate of drug-likeness (QED) is 0.814. The van der Waals surface area contributed by atoms with Gasteiger partial charge in [-0.15, -0.1) is 11.3 Å². The Morgan fingerprint density at radius 2 is 2.22 bits per heavy atom. The van der Waals surface area contributed by atoms with Gasteiger partial charge in [-0.3, -0.25) is 9.88 Å². The number of aryl methyl sites for hydroxylation is 1. The maximum Gasteiger partial charge on any atom is 0.105 e. The molecule has 122 valence electrons. The van der Waals surface area contributed by atoms with Crippen LogP contribution in [0.25, 0.3) is 0 Å². The molecule has 2 aromatic rings. The van der Waals surface area contributed by atoms with Crippen molar-refractivity contribution in [1.82, 2.24) is 9.88 Å². The summed E-state index contributed by atoms with van der Waals surface area (Å²) in [6, 6.07) is 4.27. The molecule has 2 aromatic heterocycles.